The zero-order chi connectivity index (χ0) is 18.0. The molecule has 2 unspecified atom stereocenters. The van der Waals surface area contributed by atoms with Crippen LogP contribution < -0.4 is 9.64 Å². The zero-order valence-corrected chi connectivity index (χ0v) is 14.4. The summed E-state index contributed by atoms with van der Waals surface area (Å²) in [5.41, 5.74) is 3.81. The summed E-state index contributed by atoms with van der Waals surface area (Å²) in [6.45, 7) is 8.30. The highest BCUT2D eigenvalue weighted by molar-refractivity contribution is 5.62. The van der Waals surface area contributed by atoms with Gasteiger partial charge in [0.1, 0.15) is 24.2 Å². The van der Waals surface area contributed by atoms with Gasteiger partial charge in [0.25, 0.3) is 0 Å². The molecule has 5 heteroatoms. The minimum atomic E-state index is -0.294. The number of nitroso groups, excluding NO2 is 1. The van der Waals surface area contributed by atoms with E-state index in [2.05, 4.69) is 23.6 Å². The van der Waals surface area contributed by atoms with Crippen LogP contribution in [0.1, 0.15) is 37.5 Å². The van der Waals surface area contributed by atoms with E-state index in [1.165, 1.54) is 12.1 Å². The average molecular weight is 340 g/mol. The fraction of sp³-hybridized carbons (Fsp3) is 0.300. The Labute approximate surface area is 146 Å². The van der Waals surface area contributed by atoms with Crippen molar-refractivity contribution in [2.24, 2.45) is 5.18 Å². The molecule has 0 bridgehead atoms. The maximum absolute atomic E-state index is 13.1. The van der Waals surface area contributed by atoms with Gasteiger partial charge in [0.05, 0.1) is 0 Å². The van der Waals surface area contributed by atoms with Gasteiger partial charge in [0.15, 0.2) is 0 Å². The fourth-order valence-electron chi connectivity index (χ4n) is 3.40. The van der Waals surface area contributed by atoms with Crippen molar-refractivity contribution in [3.8, 4) is 5.75 Å². The van der Waals surface area contributed by atoms with Crippen molar-refractivity contribution < 1.29 is 9.13 Å². The Balaban J connectivity index is 2.00. The van der Waals surface area contributed by atoms with Crippen LogP contribution in [0.4, 0.5) is 10.1 Å². The summed E-state index contributed by atoms with van der Waals surface area (Å²) >= 11 is 0. The van der Waals surface area contributed by atoms with Crippen molar-refractivity contribution >= 4 is 5.69 Å². The number of nitrogens with zero attached hydrogens (tertiary/aromatic N) is 2. The van der Waals surface area contributed by atoms with E-state index in [1.54, 1.807) is 12.1 Å². The van der Waals surface area contributed by atoms with Crippen LogP contribution in [-0.2, 0) is 6.54 Å². The van der Waals surface area contributed by atoms with Gasteiger partial charge in [0.2, 0.25) is 0 Å². The standard InChI is InChI=1S/C20H21FN2O2/c1-13(2)23-14(3)10-20(25-17-7-5-16(21)6-8-17)18-11-15(12-22-24)4-9-19(18)23/h4-9,11,14,20H,1,10,12H2,2-3H3. The van der Waals surface area contributed by atoms with Crippen molar-refractivity contribution in [2.45, 2.75) is 39.0 Å². The van der Waals surface area contributed by atoms with Gasteiger partial charge < -0.3 is 9.64 Å². The van der Waals surface area contributed by atoms with E-state index >= 15 is 0 Å². The van der Waals surface area contributed by atoms with Gasteiger partial charge in [-0.3, -0.25) is 0 Å². The first-order valence-electron chi connectivity index (χ1n) is 8.28. The average Bonchev–Trinajstić information content (AvgIpc) is 2.57. The summed E-state index contributed by atoms with van der Waals surface area (Å²) in [4.78, 5) is 12.8. The molecule has 3 rings (SSSR count). The van der Waals surface area contributed by atoms with Crippen molar-refractivity contribution in [3.05, 3.63) is 76.6 Å². The lowest BCUT2D eigenvalue weighted by molar-refractivity contribution is 0.179. The molecule has 0 spiro atoms. The number of allylic oxidation sites excluding steroid dienone is 1. The molecule has 0 N–H and O–H groups in total. The van der Waals surface area contributed by atoms with Gasteiger partial charge in [-0.05, 0) is 55.8 Å². The number of fused-ring (bicyclic) bond motifs is 1. The Kier molecular flexibility index (Phi) is 4.83. The molecule has 0 radical (unpaired) electrons. The van der Waals surface area contributed by atoms with E-state index in [0.29, 0.717) is 5.75 Å². The van der Waals surface area contributed by atoms with Crippen LogP contribution in [0.25, 0.3) is 0 Å². The molecule has 2 aromatic rings. The quantitative estimate of drug-likeness (QED) is 0.690. The molecule has 1 heterocycles. The van der Waals surface area contributed by atoms with Crippen LogP contribution in [-0.4, -0.2) is 6.04 Å². The maximum Gasteiger partial charge on any atom is 0.128 e. The van der Waals surface area contributed by atoms with Crippen LogP contribution in [0.2, 0.25) is 0 Å². The van der Waals surface area contributed by atoms with E-state index in [9.17, 15) is 9.30 Å². The summed E-state index contributed by atoms with van der Waals surface area (Å²) in [6, 6.07) is 12.1. The summed E-state index contributed by atoms with van der Waals surface area (Å²) in [7, 11) is 0. The van der Waals surface area contributed by atoms with E-state index in [4.69, 9.17) is 4.74 Å². The molecule has 1 aliphatic rings. The maximum atomic E-state index is 13.1. The number of rotatable bonds is 5. The predicted octanol–water partition coefficient (Wildman–Crippen LogP) is 5.34. The van der Waals surface area contributed by atoms with Gasteiger partial charge in [-0.15, -0.1) is 0 Å². The Hall–Kier alpha value is -2.69. The lowest BCUT2D eigenvalue weighted by atomic mass is 9.91. The molecule has 0 amide bonds. The number of anilines is 1. The third-order valence-electron chi connectivity index (χ3n) is 4.44. The second-order valence-electron chi connectivity index (χ2n) is 6.43. The molecular formula is C20H21FN2O2. The summed E-state index contributed by atoms with van der Waals surface area (Å²) < 4.78 is 19.3. The van der Waals surface area contributed by atoms with Crippen LogP contribution in [0, 0.1) is 10.7 Å². The molecule has 0 saturated heterocycles. The predicted molar refractivity (Wildman–Crippen MR) is 97.1 cm³/mol. The molecule has 25 heavy (non-hydrogen) atoms. The Bertz CT molecular complexity index is 789. The minimum Gasteiger partial charge on any atom is -0.486 e. The second kappa shape index (κ2) is 7.05. The van der Waals surface area contributed by atoms with Gasteiger partial charge >= 0.3 is 0 Å². The molecular weight excluding hydrogens is 319 g/mol. The first kappa shape index (κ1) is 17.1. The fourth-order valence-corrected chi connectivity index (χ4v) is 3.40. The third kappa shape index (κ3) is 3.55. The van der Waals surface area contributed by atoms with Gasteiger partial charge in [-0.25, -0.2) is 4.39 Å². The second-order valence-corrected chi connectivity index (χ2v) is 6.43. The summed E-state index contributed by atoms with van der Waals surface area (Å²) in [6.07, 6.45) is 0.576. The van der Waals surface area contributed by atoms with Gasteiger partial charge in [-0.1, -0.05) is 17.8 Å². The van der Waals surface area contributed by atoms with Crippen LogP contribution in [0.5, 0.6) is 5.75 Å². The van der Waals surface area contributed by atoms with Crippen molar-refractivity contribution in [1.82, 2.24) is 0 Å². The first-order valence-corrected chi connectivity index (χ1v) is 8.28. The zero-order valence-electron chi connectivity index (χ0n) is 14.4. The number of benzene rings is 2. The smallest absolute Gasteiger partial charge is 0.128 e. The highest BCUT2D eigenvalue weighted by Gasteiger charge is 2.32. The third-order valence-corrected chi connectivity index (χ3v) is 4.44. The molecule has 2 aromatic carbocycles. The molecule has 1 aliphatic heterocycles. The number of halogens is 1. The molecule has 0 saturated carbocycles. The van der Waals surface area contributed by atoms with Crippen molar-refractivity contribution in [3.63, 3.8) is 0 Å². The van der Waals surface area contributed by atoms with Crippen molar-refractivity contribution in [2.75, 3.05) is 4.90 Å². The highest BCUT2D eigenvalue weighted by Crippen LogP contribution is 2.41. The van der Waals surface area contributed by atoms with E-state index in [-0.39, 0.29) is 24.5 Å². The molecule has 0 aliphatic carbocycles. The lowest BCUT2D eigenvalue weighted by Crippen LogP contribution is -2.38. The highest BCUT2D eigenvalue weighted by atomic mass is 19.1. The molecule has 0 fully saturated rings. The van der Waals surface area contributed by atoms with Crippen LogP contribution >= 0.6 is 0 Å². The van der Waals surface area contributed by atoms with E-state index in [0.717, 1.165) is 28.9 Å². The summed E-state index contributed by atoms with van der Waals surface area (Å²) in [5.74, 6) is 0.324. The van der Waals surface area contributed by atoms with Crippen LogP contribution in [0.3, 0.4) is 0 Å². The molecule has 4 nitrogen and oxygen atoms in total. The SMILES string of the molecule is C=C(C)N1c2ccc(CN=O)cc2C(Oc2ccc(F)cc2)CC1C. The van der Waals surface area contributed by atoms with Crippen molar-refractivity contribution in [1.29, 1.82) is 0 Å². The molecule has 130 valence electrons. The number of hydrogen-bond donors (Lipinski definition) is 0. The number of ether oxygens (including phenoxy) is 1. The molecule has 0 aromatic heterocycles. The number of hydrogen-bond acceptors (Lipinski definition) is 4. The Morgan fingerprint density at radius 2 is 2.04 bits per heavy atom. The topological polar surface area (TPSA) is 41.9 Å². The largest absolute Gasteiger partial charge is 0.486 e. The monoisotopic (exact) mass is 340 g/mol. The Morgan fingerprint density at radius 3 is 2.68 bits per heavy atom. The van der Waals surface area contributed by atoms with Gasteiger partial charge in [0, 0.05) is 29.4 Å². The lowest BCUT2D eigenvalue weighted by Gasteiger charge is -2.41. The van der Waals surface area contributed by atoms with E-state index in [1.807, 2.05) is 25.1 Å². The first-order chi connectivity index (χ1) is 12.0. The normalized spacial score (nSPS) is 19.2. The van der Waals surface area contributed by atoms with Crippen LogP contribution in [0.15, 0.2) is 59.9 Å². The van der Waals surface area contributed by atoms with Gasteiger partial charge in [-0.2, -0.15) is 4.91 Å². The minimum absolute atomic E-state index is 0.124. The summed E-state index contributed by atoms with van der Waals surface area (Å²) in [5, 5.41) is 2.98. The molecule has 2 atom stereocenters. The van der Waals surface area contributed by atoms with E-state index < -0.39 is 0 Å². The Morgan fingerprint density at radius 1 is 1.32 bits per heavy atom.